The fourth-order valence-corrected chi connectivity index (χ4v) is 2.49. The lowest BCUT2D eigenvalue weighted by atomic mass is 10.2. The number of aromatic nitrogens is 2. The number of hydrogen-bond acceptors (Lipinski definition) is 4. The van der Waals surface area contributed by atoms with Crippen LogP contribution in [0.3, 0.4) is 0 Å². The van der Waals surface area contributed by atoms with Gasteiger partial charge in [-0.05, 0) is 19.1 Å². The molecule has 1 aromatic carbocycles. The van der Waals surface area contributed by atoms with Crippen LogP contribution in [0.2, 0.25) is 0 Å². The van der Waals surface area contributed by atoms with Gasteiger partial charge in [0.25, 0.3) is 0 Å². The van der Waals surface area contributed by atoms with Crippen LogP contribution in [-0.4, -0.2) is 42.5 Å². The van der Waals surface area contributed by atoms with E-state index >= 15 is 0 Å². The summed E-state index contributed by atoms with van der Waals surface area (Å²) in [7, 11) is 4.56. The Morgan fingerprint density at radius 2 is 1.97 bits per heavy atom. The second kappa shape index (κ2) is 11.1. The molecule has 0 radical (unpaired) electrons. The average Bonchev–Trinajstić information content (AvgIpc) is 3.03. The van der Waals surface area contributed by atoms with Crippen molar-refractivity contribution in [2.45, 2.75) is 25.7 Å². The van der Waals surface area contributed by atoms with E-state index in [1.165, 1.54) is 20.3 Å². The third-order valence-electron chi connectivity index (χ3n) is 3.78. The molecule has 2 aromatic rings. The Bertz CT molecular complexity index is 811. The molecule has 162 valence electrons. The normalized spacial score (nSPS) is 12.7. The van der Waals surface area contributed by atoms with Crippen LogP contribution in [0.5, 0.6) is 11.5 Å². The number of guanidine groups is 1. The van der Waals surface area contributed by atoms with E-state index in [1.54, 1.807) is 13.2 Å². The molecular formula is C18H25F3IN5O2. The second-order valence-corrected chi connectivity index (χ2v) is 6.09. The molecule has 29 heavy (non-hydrogen) atoms. The van der Waals surface area contributed by atoms with Crippen LogP contribution in [0.1, 0.15) is 18.2 Å². The van der Waals surface area contributed by atoms with E-state index in [4.69, 9.17) is 9.47 Å². The van der Waals surface area contributed by atoms with Crippen LogP contribution in [0, 0.1) is 0 Å². The zero-order valence-electron chi connectivity index (χ0n) is 16.6. The molecule has 1 unspecified atom stereocenters. The molecule has 0 saturated heterocycles. The molecule has 0 bridgehead atoms. The van der Waals surface area contributed by atoms with E-state index in [0.29, 0.717) is 24.0 Å². The summed E-state index contributed by atoms with van der Waals surface area (Å²) in [6, 6.07) is 7.22. The predicted octanol–water partition coefficient (Wildman–Crippen LogP) is 3.20. The molecule has 1 heterocycles. The number of benzene rings is 1. The first-order valence-corrected chi connectivity index (χ1v) is 8.58. The van der Waals surface area contributed by atoms with Gasteiger partial charge in [-0.2, -0.15) is 18.3 Å². The van der Waals surface area contributed by atoms with Crippen molar-refractivity contribution >= 4 is 29.9 Å². The van der Waals surface area contributed by atoms with Gasteiger partial charge in [-0.1, -0.05) is 6.07 Å². The van der Waals surface area contributed by atoms with Crippen molar-refractivity contribution < 1.29 is 22.6 Å². The topological polar surface area (TPSA) is 72.7 Å². The Morgan fingerprint density at radius 1 is 1.28 bits per heavy atom. The van der Waals surface area contributed by atoms with Crippen molar-refractivity contribution in [2.24, 2.45) is 12.0 Å². The number of halogens is 4. The second-order valence-electron chi connectivity index (χ2n) is 6.09. The molecule has 11 heteroatoms. The number of aryl methyl sites for hydroxylation is 1. The number of aliphatic imine (C=N–C) groups is 1. The highest BCUT2D eigenvalue weighted by Crippen LogP contribution is 2.30. The van der Waals surface area contributed by atoms with Gasteiger partial charge in [0, 0.05) is 38.5 Å². The lowest BCUT2D eigenvalue weighted by Crippen LogP contribution is -2.41. The summed E-state index contributed by atoms with van der Waals surface area (Å²) in [6.07, 6.45) is -3.39. The molecule has 7 nitrogen and oxygen atoms in total. The summed E-state index contributed by atoms with van der Waals surface area (Å²) in [5, 5.41) is 9.37. The van der Waals surface area contributed by atoms with Crippen LogP contribution >= 0.6 is 24.0 Å². The summed E-state index contributed by atoms with van der Waals surface area (Å²) >= 11 is 0. The number of nitrogens with zero attached hydrogens (tertiary/aromatic N) is 3. The van der Waals surface area contributed by atoms with E-state index in [2.05, 4.69) is 20.7 Å². The van der Waals surface area contributed by atoms with Gasteiger partial charge in [-0.15, -0.1) is 24.0 Å². The number of hydrogen-bond donors (Lipinski definition) is 2. The van der Waals surface area contributed by atoms with Gasteiger partial charge < -0.3 is 20.1 Å². The van der Waals surface area contributed by atoms with E-state index in [1.807, 2.05) is 25.1 Å². The maximum atomic E-state index is 13.0. The Kier molecular flexibility index (Phi) is 9.53. The third kappa shape index (κ3) is 7.63. The highest BCUT2D eigenvalue weighted by Gasteiger charge is 2.36. The van der Waals surface area contributed by atoms with Gasteiger partial charge in [0.15, 0.2) is 11.7 Å². The van der Waals surface area contributed by atoms with Crippen LogP contribution in [0.15, 0.2) is 35.5 Å². The fourth-order valence-electron chi connectivity index (χ4n) is 2.49. The summed E-state index contributed by atoms with van der Waals surface area (Å²) in [5.41, 5.74) is -0.869. The standard InChI is InChI=1S/C18H24F3N5O2.HI/c1-12(28-15-7-5-6-14(8-15)27-4)9-23-17(22-2)24-10-13-11-26(3)25-16(13)18(19,20)21;/h5-8,11-12H,9-10H2,1-4H3,(H2,22,23,24);1H. The fraction of sp³-hybridized carbons (Fsp3) is 0.444. The first-order valence-electron chi connectivity index (χ1n) is 8.58. The highest BCUT2D eigenvalue weighted by atomic mass is 127. The predicted molar refractivity (Wildman–Crippen MR) is 115 cm³/mol. The minimum absolute atomic E-state index is 0. The van der Waals surface area contributed by atoms with Gasteiger partial charge in [-0.3, -0.25) is 9.67 Å². The van der Waals surface area contributed by atoms with E-state index in [0.717, 1.165) is 4.68 Å². The lowest BCUT2D eigenvalue weighted by molar-refractivity contribution is -0.142. The van der Waals surface area contributed by atoms with Crippen molar-refractivity contribution in [3.05, 3.63) is 41.7 Å². The molecule has 1 aromatic heterocycles. The number of nitrogens with one attached hydrogen (secondary N) is 2. The van der Waals surface area contributed by atoms with Crippen molar-refractivity contribution in [2.75, 3.05) is 20.7 Å². The summed E-state index contributed by atoms with van der Waals surface area (Å²) in [5.74, 6) is 1.70. The van der Waals surface area contributed by atoms with Gasteiger partial charge in [0.1, 0.15) is 17.6 Å². The number of methoxy groups -OCH3 is 1. The Labute approximate surface area is 184 Å². The number of ether oxygens (including phenoxy) is 2. The Morgan fingerprint density at radius 3 is 2.59 bits per heavy atom. The smallest absolute Gasteiger partial charge is 0.435 e. The van der Waals surface area contributed by atoms with E-state index < -0.39 is 11.9 Å². The quantitative estimate of drug-likeness (QED) is 0.329. The summed E-state index contributed by atoms with van der Waals surface area (Å²) < 4.78 is 51.1. The number of rotatable bonds is 7. The van der Waals surface area contributed by atoms with Gasteiger partial charge in [0.2, 0.25) is 0 Å². The minimum atomic E-state index is -4.51. The first kappa shape index (κ1) is 24.9. The SMILES string of the molecule is CN=C(NCc1cn(C)nc1C(F)(F)F)NCC(C)Oc1cccc(OC)c1.I. The van der Waals surface area contributed by atoms with Crippen molar-refractivity contribution in [3.63, 3.8) is 0 Å². The largest absolute Gasteiger partial charge is 0.497 e. The van der Waals surface area contributed by atoms with E-state index in [-0.39, 0.29) is 42.2 Å². The maximum Gasteiger partial charge on any atom is 0.435 e. The average molecular weight is 527 g/mol. The number of alkyl halides is 3. The van der Waals surface area contributed by atoms with E-state index in [9.17, 15) is 13.2 Å². The summed E-state index contributed by atoms with van der Waals surface area (Å²) in [6.45, 7) is 2.20. The molecule has 0 aliphatic rings. The van der Waals surface area contributed by atoms with Crippen LogP contribution in [-0.2, 0) is 19.8 Å². The van der Waals surface area contributed by atoms with Crippen molar-refractivity contribution in [1.82, 2.24) is 20.4 Å². The minimum Gasteiger partial charge on any atom is -0.497 e. The first-order chi connectivity index (χ1) is 13.2. The molecule has 0 fully saturated rings. The van der Waals surface area contributed by atoms with Gasteiger partial charge in [-0.25, -0.2) is 0 Å². The van der Waals surface area contributed by atoms with Crippen LogP contribution in [0.4, 0.5) is 13.2 Å². The molecule has 0 amide bonds. The van der Waals surface area contributed by atoms with Crippen molar-refractivity contribution in [3.8, 4) is 11.5 Å². The molecular weight excluding hydrogens is 502 g/mol. The zero-order valence-corrected chi connectivity index (χ0v) is 18.9. The van der Waals surface area contributed by atoms with Gasteiger partial charge >= 0.3 is 6.18 Å². The highest BCUT2D eigenvalue weighted by molar-refractivity contribution is 14.0. The monoisotopic (exact) mass is 527 g/mol. The van der Waals surface area contributed by atoms with Gasteiger partial charge in [0.05, 0.1) is 13.7 Å². The molecule has 0 aliphatic carbocycles. The maximum absolute atomic E-state index is 13.0. The Balaban J connectivity index is 0.00000420. The molecule has 0 spiro atoms. The molecule has 1 atom stereocenters. The van der Waals surface area contributed by atoms with Crippen molar-refractivity contribution in [1.29, 1.82) is 0 Å². The van der Waals surface area contributed by atoms with Crippen LogP contribution < -0.4 is 20.1 Å². The third-order valence-corrected chi connectivity index (χ3v) is 3.78. The lowest BCUT2D eigenvalue weighted by Gasteiger charge is -2.18. The zero-order chi connectivity index (χ0) is 20.7. The molecule has 2 rings (SSSR count). The Hall–Kier alpha value is -2.18. The molecule has 0 aliphatic heterocycles. The van der Waals surface area contributed by atoms with Crippen LogP contribution in [0.25, 0.3) is 0 Å². The molecule has 0 saturated carbocycles. The molecule has 2 N–H and O–H groups in total. The summed E-state index contributed by atoms with van der Waals surface area (Å²) in [4.78, 5) is 4.02.